The molecule has 0 fully saturated rings. The lowest BCUT2D eigenvalue weighted by Gasteiger charge is -2.33. The Balaban J connectivity index is 0. The molecule has 0 aromatic rings. The van der Waals surface area contributed by atoms with Gasteiger partial charge in [-0.25, -0.2) is 0 Å². The third-order valence-electron chi connectivity index (χ3n) is 3.31. The molecule has 0 bridgehead atoms. The first kappa shape index (κ1) is 23.1. The van der Waals surface area contributed by atoms with E-state index in [1.54, 1.807) is 14.1 Å². The highest BCUT2D eigenvalue weighted by atomic mass is 16.5. The third-order valence-corrected chi connectivity index (χ3v) is 3.31. The molecule has 0 saturated heterocycles. The van der Waals surface area contributed by atoms with Gasteiger partial charge >= 0.3 is 0 Å². The average Bonchev–Trinajstić information content (AvgIpc) is 2.40. The monoisotopic (exact) mass is 305 g/mol. The van der Waals surface area contributed by atoms with Crippen LogP contribution in [0.25, 0.3) is 0 Å². The molecule has 2 N–H and O–H groups in total. The van der Waals surface area contributed by atoms with E-state index in [-0.39, 0.29) is 11.3 Å². The van der Waals surface area contributed by atoms with E-state index in [1.807, 2.05) is 0 Å². The van der Waals surface area contributed by atoms with Crippen molar-refractivity contribution in [1.29, 1.82) is 0 Å². The average molecular weight is 306 g/mol. The summed E-state index contributed by atoms with van der Waals surface area (Å²) in [6.07, 6.45) is 12.8. The van der Waals surface area contributed by atoms with Gasteiger partial charge in [0.2, 0.25) is 0 Å². The van der Waals surface area contributed by atoms with Crippen LogP contribution in [-0.2, 0) is 0 Å². The van der Waals surface area contributed by atoms with Crippen LogP contribution in [0.2, 0.25) is 0 Å². The molecule has 1 atom stereocenters. The Hall–Kier alpha value is -0.160. The van der Waals surface area contributed by atoms with Crippen LogP contribution in [0.15, 0.2) is 0 Å². The Morgan fingerprint density at radius 3 is 1.48 bits per heavy atom. The molecule has 0 heterocycles. The van der Waals surface area contributed by atoms with Gasteiger partial charge in [0.15, 0.2) is 0 Å². The maximum Gasteiger partial charge on any atom is 0.0779 e. The van der Waals surface area contributed by atoms with Gasteiger partial charge in [-0.2, -0.15) is 0 Å². The van der Waals surface area contributed by atoms with Crippen LogP contribution in [0, 0.1) is 5.21 Å². The van der Waals surface area contributed by atoms with Gasteiger partial charge in [0, 0.05) is 0 Å². The van der Waals surface area contributed by atoms with Gasteiger partial charge in [-0.1, -0.05) is 58.3 Å². The molecule has 0 amide bonds. The first-order valence-corrected chi connectivity index (χ1v) is 8.66. The molecule has 21 heavy (non-hydrogen) atoms. The van der Waals surface area contributed by atoms with Crippen molar-refractivity contribution in [2.45, 2.75) is 84.2 Å². The van der Waals surface area contributed by atoms with Crippen molar-refractivity contribution in [2.75, 3.05) is 27.2 Å². The minimum atomic E-state index is -0.560. The van der Waals surface area contributed by atoms with Crippen molar-refractivity contribution in [3.05, 3.63) is 5.21 Å². The number of hydroxylamine groups is 3. The summed E-state index contributed by atoms with van der Waals surface area (Å²) in [4.78, 5) is 0. The summed E-state index contributed by atoms with van der Waals surface area (Å²) < 4.78 is -0.128. The van der Waals surface area contributed by atoms with E-state index >= 15 is 0 Å². The van der Waals surface area contributed by atoms with E-state index in [0.29, 0.717) is 0 Å². The van der Waals surface area contributed by atoms with Crippen LogP contribution in [0.5, 0.6) is 0 Å². The van der Waals surface area contributed by atoms with E-state index in [2.05, 4.69) is 6.92 Å². The number of rotatable bonds is 12. The van der Waals surface area contributed by atoms with Crippen molar-refractivity contribution >= 4 is 0 Å². The highest BCUT2D eigenvalue weighted by Crippen LogP contribution is 2.11. The second-order valence-electron chi connectivity index (χ2n) is 6.51. The van der Waals surface area contributed by atoms with Crippen LogP contribution in [0.3, 0.4) is 0 Å². The minimum absolute atomic E-state index is 0.128. The minimum Gasteiger partial charge on any atom is -0.633 e. The molecule has 4 nitrogen and oxygen atoms in total. The van der Waals surface area contributed by atoms with Gasteiger partial charge in [0.05, 0.1) is 33.4 Å². The molecule has 0 aliphatic rings. The summed E-state index contributed by atoms with van der Waals surface area (Å²) in [5.74, 6) is 0. The Bertz CT molecular complexity index is 191. The first-order valence-electron chi connectivity index (χ1n) is 8.66. The number of aliphatic hydroxyl groups excluding tert-OH is 2. The van der Waals surface area contributed by atoms with Crippen LogP contribution in [-0.4, -0.2) is 48.2 Å². The molecule has 0 aromatic heterocycles. The fourth-order valence-electron chi connectivity index (χ4n) is 1.98. The fraction of sp³-hybridized carbons (Fsp3) is 1.00. The summed E-state index contributed by atoms with van der Waals surface area (Å²) in [7, 11) is 3.46. The van der Waals surface area contributed by atoms with Gasteiger partial charge in [-0.15, -0.1) is 0 Å². The molecule has 0 aliphatic carbocycles. The molecule has 4 heteroatoms. The molecular formula is C17H39NO3. The first-order chi connectivity index (χ1) is 9.83. The second-order valence-corrected chi connectivity index (χ2v) is 6.51. The van der Waals surface area contributed by atoms with Crippen LogP contribution in [0.1, 0.15) is 78.1 Å². The van der Waals surface area contributed by atoms with E-state index in [1.165, 1.54) is 64.7 Å². The summed E-state index contributed by atoms with van der Waals surface area (Å²) >= 11 is 0. The molecule has 1 unspecified atom stereocenters. The zero-order valence-electron chi connectivity index (χ0n) is 14.8. The standard InChI is InChI=1S/C14H31NO.C3H8O2/c1-4-5-6-7-8-9-10-11-12-13-14-15(2,3)16;1-3(5)2-4/h4-14H2,1-3H3;3-5H,2H2,1H3. The van der Waals surface area contributed by atoms with Crippen LogP contribution < -0.4 is 0 Å². The Morgan fingerprint density at radius 1 is 0.857 bits per heavy atom. The van der Waals surface area contributed by atoms with E-state index in [4.69, 9.17) is 10.2 Å². The molecule has 0 radical (unpaired) electrons. The smallest absolute Gasteiger partial charge is 0.0779 e. The number of quaternary nitrogens is 1. The third kappa shape index (κ3) is 28.7. The van der Waals surface area contributed by atoms with Gasteiger partial charge in [0.25, 0.3) is 0 Å². The largest absolute Gasteiger partial charge is 0.633 e. The summed E-state index contributed by atoms with van der Waals surface area (Å²) in [5.41, 5.74) is 0. The van der Waals surface area contributed by atoms with Crippen molar-refractivity contribution in [1.82, 2.24) is 0 Å². The van der Waals surface area contributed by atoms with E-state index in [0.717, 1.165) is 13.0 Å². The second kappa shape index (κ2) is 16.2. The van der Waals surface area contributed by atoms with Gasteiger partial charge in [-0.3, -0.25) is 0 Å². The number of unbranched alkanes of at least 4 members (excludes halogenated alkanes) is 9. The predicted octanol–water partition coefficient (Wildman–Crippen LogP) is 3.84. The Labute approximate surface area is 132 Å². The normalized spacial score (nSPS) is 12.7. The van der Waals surface area contributed by atoms with Gasteiger partial charge in [-0.05, 0) is 19.8 Å². The topological polar surface area (TPSA) is 63.5 Å². The molecule has 130 valence electrons. The van der Waals surface area contributed by atoms with Crippen molar-refractivity contribution in [2.24, 2.45) is 0 Å². The van der Waals surface area contributed by atoms with E-state index in [9.17, 15) is 5.21 Å². The molecule has 0 saturated carbocycles. The van der Waals surface area contributed by atoms with Crippen LogP contribution in [0.4, 0.5) is 0 Å². The fourth-order valence-corrected chi connectivity index (χ4v) is 1.98. The summed E-state index contributed by atoms with van der Waals surface area (Å²) in [5, 5.41) is 27.3. The zero-order chi connectivity index (χ0) is 16.6. The molecule has 0 aromatic carbocycles. The van der Waals surface area contributed by atoms with Gasteiger partial charge in [0.1, 0.15) is 0 Å². The molecule has 0 spiro atoms. The predicted molar refractivity (Wildman–Crippen MR) is 91.0 cm³/mol. The molecular weight excluding hydrogens is 266 g/mol. The lowest BCUT2D eigenvalue weighted by atomic mass is 10.1. The van der Waals surface area contributed by atoms with Crippen molar-refractivity contribution in [3.63, 3.8) is 0 Å². The SMILES string of the molecule is CC(O)CO.CCCCCCCCCCCC[N+](C)(C)[O-]. The van der Waals surface area contributed by atoms with Gasteiger partial charge < -0.3 is 20.1 Å². The van der Waals surface area contributed by atoms with E-state index < -0.39 is 6.10 Å². The van der Waals surface area contributed by atoms with Crippen LogP contribution >= 0.6 is 0 Å². The Morgan fingerprint density at radius 2 is 1.19 bits per heavy atom. The summed E-state index contributed by atoms with van der Waals surface area (Å²) in [6, 6.07) is 0. The van der Waals surface area contributed by atoms with Crippen molar-refractivity contribution in [3.8, 4) is 0 Å². The maximum atomic E-state index is 11.3. The zero-order valence-corrected chi connectivity index (χ0v) is 14.8. The molecule has 0 aliphatic heterocycles. The Kier molecular flexibility index (Phi) is 17.8. The number of hydrogen-bond acceptors (Lipinski definition) is 3. The maximum absolute atomic E-state index is 11.3. The highest BCUT2D eigenvalue weighted by Gasteiger charge is 2.00. The lowest BCUT2D eigenvalue weighted by Crippen LogP contribution is -2.32. The lowest BCUT2D eigenvalue weighted by molar-refractivity contribution is -0.840. The highest BCUT2D eigenvalue weighted by molar-refractivity contribution is 4.47. The molecule has 0 rings (SSSR count). The quantitative estimate of drug-likeness (QED) is 0.327. The van der Waals surface area contributed by atoms with Crippen molar-refractivity contribution < 1.29 is 14.9 Å². The number of nitrogens with zero attached hydrogens (tertiary/aromatic N) is 1. The summed E-state index contributed by atoms with van der Waals surface area (Å²) in [6.45, 7) is 4.42. The number of aliphatic hydroxyl groups is 2. The number of hydrogen-bond donors (Lipinski definition) is 2.